The lowest BCUT2D eigenvalue weighted by atomic mass is 10.3. The van der Waals surface area contributed by atoms with Crippen LogP contribution in [0.25, 0.3) is 10.9 Å². The normalized spacial score (nSPS) is 9.20. The first-order valence-electron chi connectivity index (χ1n) is 2.84. The van der Waals surface area contributed by atoms with E-state index in [2.05, 4.69) is 9.97 Å². The maximum atomic E-state index is 3.95. The van der Waals surface area contributed by atoms with Crippen molar-refractivity contribution in [3.63, 3.8) is 0 Å². The average Bonchev–Trinajstić information content (AvgIpc) is 2.33. The monoisotopic (exact) mass is 135 g/mol. The molecular formula is C7H9N3. The van der Waals surface area contributed by atoms with Crippen LogP contribution in [0.3, 0.4) is 0 Å². The van der Waals surface area contributed by atoms with Gasteiger partial charge in [-0.15, -0.1) is 0 Å². The molecule has 10 heavy (non-hydrogen) atoms. The van der Waals surface area contributed by atoms with Crippen molar-refractivity contribution in [1.29, 1.82) is 0 Å². The smallest absolute Gasteiger partial charge is 0.0640 e. The van der Waals surface area contributed by atoms with Crippen LogP contribution in [-0.4, -0.2) is 9.97 Å². The van der Waals surface area contributed by atoms with Gasteiger partial charge in [-0.2, -0.15) is 0 Å². The minimum absolute atomic E-state index is 0. The topological polar surface area (TPSA) is 63.7 Å². The summed E-state index contributed by atoms with van der Waals surface area (Å²) in [5.74, 6) is 0. The Hall–Kier alpha value is -1.35. The van der Waals surface area contributed by atoms with Crippen LogP contribution in [0.1, 0.15) is 0 Å². The van der Waals surface area contributed by atoms with Crippen molar-refractivity contribution < 1.29 is 0 Å². The summed E-state index contributed by atoms with van der Waals surface area (Å²) in [4.78, 5) is 7.01. The third kappa shape index (κ3) is 0.867. The van der Waals surface area contributed by atoms with E-state index in [4.69, 9.17) is 0 Å². The lowest BCUT2D eigenvalue weighted by molar-refractivity contribution is 1.34. The van der Waals surface area contributed by atoms with Crippen molar-refractivity contribution in [1.82, 2.24) is 16.1 Å². The van der Waals surface area contributed by atoms with E-state index in [1.54, 1.807) is 6.20 Å². The number of nitrogens with zero attached hydrogens (tertiary/aromatic N) is 1. The fourth-order valence-corrected chi connectivity index (χ4v) is 0.892. The Balaban J connectivity index is 0.000000500. The molecule has 3 nitrogen and oxygen atoms in total. The Morgan fingerprint density at radius 1 is 1.30 bits per heavy atom. The first-order valence-corrected chi connectivity index (χ1v) is 2.84. The molecule has 0 fully saturated rings. The minimum atomic E-state index is 0. The number of nitrogens with one attached hydrogen (secondary N) is 1. The molecule has 0 aliphatic rings. The molecule has 0 spiro atoms. The number of hydrogen-bond acceptors (Lipinski definition) is 2. The third-order valence-corrected chi connectivity index (χ3v) is 1.36. The number of aromatic nitrogens is 2. The molecule has 2 aromatic heterocycles. The summed E-state index contributed by atoms with van der Waals surface area (Å²) in [7, 11) is 0. The number of pyridine rings is 1. The first kappa shape index (κ1) is 6.77. The first-order chi connectivity index (χ1) is 4.47. The molecule has 0 bridgehead atoms. The minimum Gasteiger partial charge on any atom is -0.360 e. The zero-order valence-corrected chi connectivity index (χ0v) is 5.54. The Labute approximate surface area is 58.7 Å². The molecule has 0 aliphatic carbocycles. The molecule has 2 heterocycles. The largest absolute Gasteiger partial charge is 0.360 e. The van der Waals surface area contributed by atoms with Gasteiger partial charge in [0.15, 0.2) is 0 Å². The van der Waals surface area contributed by atoms with Crippen LogP contribution in [0.2, 0.25) is 0 Å². The predicted octanol–water partition coefficient (Wildman–Crippen LogP) is 1.72. The van der Waals surface area contributed by atoms with Gasteiger partial charge in [0.1, 0.15) is 0 Å². The fourth-order valence-electron chi connectivity index (χ4n) is 0.892. The van der Waals surface area contributed by atoms with Gasteiger partial charge in [-0.05, 0) is 12.1 Å². The average molecular weight is 135 g/mol. The molecule has 0 aliphatic heterocycles. The highest BCUT2D eigenvalue weighted by Crippen LogP contribution is 2.07. The van der Waals surface area contributed by atoms with Crippen LogP contribution in [0, 0.1) is 0 Å². The van der Waals surface area contributed by atoms with Gasteiger partial charge in [0.25, 0.3) is 0 Å². The van der Waals surface area contributed by atoms with Crippen LogP contribution in [0.5, 0.6) is 0 Å². The van der Waals surface area contributed by atoms with Gasteiger partial charge in [0.2, 0.25) is 0 Å². The summed E-state index contributed by atoms with van der Waals surface area (Å²) in [6.45, 7) is 0. The molecule has 4 N–H and O–H groups in total. The van der Waals surface area contributed by atoms with Gasteiger partial charge in [-0.3, -0.25) is 4.98 Å². The molecule has 0 aromatic carbocycles. The summed E-state index contributed by atoms with van der Waals surface area (Å²) in [6.07, 6.45) is 5.51. The maximum absolute atomic E-state index is 3.95. The second kappa shape index (κ2) is 2.49. The summed E-state index contributed by atoms with van der Waals surface area (Å²) in [6, 6.07) is 4.00. The molecule has 0 saturated heterocycles. The van der Waals surface area contributed by atoms with E-state index in [9.17, 15) is 0 Å². The van der Waals surface area contributed by atoms with Gasteiger partial charge in [-0.1, -0.05) is 0 Å². The SMILES string of the molecule is N.c1cc2cc[nH]c2cn1. The van der Waals surface area contributed by atoms with E-state index in [0.29, 0.717) is 0 Å². The Kier molecular flexibility index (Phi) is 1.69. The van der Waals surface area contributed by atoms with Crippen molar-refractivity contribution >= 4 is 10.9 Å². The van der Waals surface area contributed by atoms with E-state index in [-0.39, 0.29) is 6.15 Å². The standard InChI is InChI=1S/C7H6N2.H3N/c1-3-8-5-7-6(1)2-4-9-7;/h1-5,9H;1H3. The number of rotatable bonds is 0. The van der Waals surface area contributed by atoms with Crippen LogP contribution < -0.4 is 6.15 Å². The quantitative estimate of drug-likeness (QED) is 0.577. The summed E-state index contributed by atoms with van der Waals surface area (Å²) < 4.78 is 0. The highest BCUT2D eigenvalue weighted by molar-refractivity contribution is 5.77. The van der Waals surface area contributed by atoms with Gasteiger partial charge in [0, 0.05) is 17.8 Å². The molecule has 0 saturated carbocycles. The lowest BCUT2D eigenvalue weighted by Gasteiger charge is -1.82. The number of H-pyrrole nitrogens is 1. The summed E-state index contributed by atoms with van der Waals surface area (Å²) >= 11 is 0. The van der Waals surface area contributed by atoms with Gasteiger partial charge in [0.05, 0.1) is 11.7 Å². The molecule has 0 unspecified atom stereocenters. The molecule has 52 valence electrons. The highest BCUT2D eigenvalue weighted by atomic mass is 14.7. The molecule has 2 rings (SSSR count). The summed E-state index contributed by atoms with van der Waals surface area (Å²) in [5, 5.41) is 1.21. The van der Waals surface area contributed by atoms with Gasteiger partial charge < -0.3 is 11.1 Å². The molecule has 0 amide bonds. The molecule has 2 aromatic rings. The summed E-state index contributed by atoms with van der Waals surface area (Å²) in [5.41, 5.74) is 1.09. The van der Waals surface area contributed by atoms with Crippen LogP contribution >= 0.6 is 0 Å². The Bertz CT molecular complexity index is 283. The fraction of sp³-hybridized carbons (Fsp3) is 0. The van der Waals surface area contributed by atoms with Crippen LogP contribution in [0.4, 0.5) is 0 Å². The van der Waals surface area contributed by atoms with Gasteiger partial charge >= 0.3 is 0 Å². The zero-order chi connectivity index (χ0) is 6.10. The van der Waals surface area contributed by atoms with E-state index in [0.717, 1.165) is 5.52 Å². The number of fused-ring (bicyclic) bond motifs is 1. The van der Waals surface area contributed by atoms with Crippen LogP contribution in [-0.2, 0) is 0 Å². The second-order valence-electron chi connectivity index (χ2n) is 1.94. The van der Waals surface area contributed by atoms with Crippen molar-refractivity contribution in [3.8, 4) is 0 Å². The Morgan fingerprint density at radius 3 is 3.00 bits per heavy atom. The second-order valence-corrected chi connectivity index (χ2v) is 1.94. The third-order valence-electron chi connectivity index (χ3n) is 1.36. The van der Waals surface area contributed by atoms with Crippen molar-refractivity contribution in [3.05, 3.63) is 30.7 Å². The number of aromatic amines is 1. The van der Waals surface area contributed by atoms with E-state index < -0.39 is 0 Å². The highest BCUT2D eigenvalue weighted by Gasteiger charge is 1.87. The van der Waals surface area contributed by atoms with Gasteiger partial charge in [-0.25, -0.2) is 0 Å². The van der Waals surface area contributed by atoms with E-state index in [1.807, 2.05) is 24.5 Å². The predicted molar refractivity (Wildman–Crippen MR) is 41.1 cm³/mol. The van der Waals surface area contributed by atoms with Crippen molar-refractivity contribution in [2.45, 2.75) is 0 Å². The van der Waals surface area contributed by atoms with Crippen molar-refractivity contribution in [2.24, 2.45) is 0 Å². The molecule has 0 atom stereocenters. The van der Waals surface area contributed by atoms with Crippen LogP contribution in [0.15, 0.2) is 30.7 Å². The molecule has 0 radical (unpaired) electrons. The maximum Gasteiger partial charge on any atom is 0.0640 e. The molecular weight excluding hydrogens is 126 g/mol. The zero-order valence-electron chi connectivity index (χ0n) is 5.54. The Morgan fingerprint density at radius 2 is 2.20 bits per heavy atom. The molecule has 3 heteroatoms. The number of hydrogen-bond donors (Lipinski definition) is 2. The van der Waals surface area contributed by atoms with Crippen molar-refractivity contribution in [2.75, 3.05) is 0 Å². The van der Waals surface area contributed by atoms with E-state index in [1.165, 1.54) is 5.39 Å². The lowest BCUT2D eigenvalue weighted by Crippen LogP contribution is -1.68. The van der Waals surface area contributed by atoms with E-state index >= 15 is 0 Å².